The van der Waals surface area contributed by atoms with Gasteiger partial charge in [-0.3, -0.25) is 0 Å². The Morgan fingerprint density at radius 3 is 2.25 bits per heavy atom. The van der Waals surface area contributed by atoms with Gasteiger partial charge in [0.2, 0.25) is 0 Å². The first-order chi connectivity index (χ1) is 9.76. The van der Waals surface area contributed by atoms with Crippen LogP contribution in [-0.4, -0.2) is 9.97 Å². The summed E-state index contributed by atoms with van der Waals surface area (Å²) in [6, 6.07) is 15.8. The Morgan fingerprint density at radius 2 is 1.60 bits per heavy atom. The van der Waals surface area contributed by atoms with Crippen LogP contribution in [0, 0.1) is 6.92 Å². The lowest BCUT2D eigenvalue weighted by Gasteiger charge is -2.09. The average Bonchev–Trinajstić information content (AvgIpc) is 2.49. The molecule has 0 bridgehead atoms. The van der Waals surface area contributed by atoms with Gasteiger partial charge >= 0.3 is 0 Å². The molecule has 1 N–H and O–H groups in total. The summed E-state index contributed by atoms with van der Waals surface area (Å²) < 4.78 is 0. The third-order valence-electron chi connectivity index (χ3n) is 3.12. The molecule has 0 aliphatic carbocycles. The quantitative estimate of drug-likeness (QED) is 0.723. The van der Waals surface area contributed by atoms with Crippen molar-refractivity contribution in [1.82, 2.24) is 9.97 Å². The van der Waals surface area contributed by atoms with Gasteiger partial charge in [0.1, 0.15) is 0 Å². The molecule has 100 valence electrons. The second-order valence-corrected chi connectivity index (χ2v) is 4.87. The Kier molecular flexibility index (Phi) is 3.52. The van der Waals surface area contributed by atoms with E-state index in [4.69, 9.17) is 11.6 Å². The minimum absolute atomic E-state index is 0.523. The number of aryl methyl sites for hydroxylation is 1. The molecule has 3 aromatic rings. The van der Waals surface area contributed by atoms with Crippen molar-refractivity contribution in [3.05, 3.63) is 59.8 Å². The fourth-order valence-corrected chi connectivity index (χ4v) is 2.20. The van der Waals surface area contributed by atoms with Crippen molar-refractivity contribution in [3.8, 4) is 0 Å². The van der Waals surface area contributed by atoms with E-state index in [0.717, 1.165) is 33.8 Å². The van der Waals surface area contributed by atoms with Crippen molar-refractivity contribution in [1.29, 1.82) is 0 Å². The minimum atomic E-state index is 0.523. The summed E-state index contributed by atoms with van der Waals surface area (Å²) in [5.41, 5.74) is 4.75. The van der Waals surface area contributed by atoms with Gasteiger partial charge in [-0.25, -0.2) is 9.97 Å². The van der Waals surface area contributed by atoms with E-state index in [9.17, 15) is 0 Å². The van der Waals surface area contributed by atoms with Gasteiger partial charge in [0, 0.05) is 11.6 Å². The van der Waals surface area contributed by atoms with Crippen molar-refractivity contribution in [2.45, 2.75) is 12.8 Å². The number of nitrogens with zero attached hydrogens (tertiary/aromatic N) is 2. The van der Waals surface area contributed by atoms with Gasteiger partial charge in [-0.2, -0.15) is 0 Å². The molecule has 2 aromatic carbocycles. The first-order valence-electron chi connectivity index (χ1n) is 6.41. The zero-order valence-corrected chi connectivity index (χ0v) is 11.9. The van der Waals surface area contributed by atoms with E-state index in [-0.39, 0.29) is 0 Å². The predicted molar refractivity (Wildman–Crippen MR) is 83.6 cm³/mol. The van der Waals surface area contributed by atoms with Gasteiger partial charge in [-0.05, 0) is 36.8 Å². The minimum Gasteiger partial charge on any atom is -0.339 e. The first kappa shape index (κ1) is 12.9. The van der Waals surface area contributed by atoms with Crippen LogP contribution in [0.15, 0.2) is 48.5 Å². The lowest BCUT2D eigenvalue weighted by Crippen LogP contribution is -1.99. The van der Waals surface area contributed by atoms with Crippen LogP contribution in [0.3, 0.4) is 0 Å². The highest BCUT2D eigenvalue weighted by Crippen LogP contribution is 2.21. The maximum atomic E-state index is 5.79. The zero-order valence-electron chi connectivity index (χ0n) is 11.1. The molecule has 0 saturated carbocycles. The van der Waals surface area contributed by atoms with Crippen LogP contribution in [0.25, 0.3) is 11.0 Å². The molecule has 0 aliphatic rings. The predicted octanol–water partition coefficient (Wildman–Crippen LogP) is 4.42. The summed E-state index contributed by atoms with van der Waals surface area (Å²) in [7, 11) is 0. The van der Waals surface area contributed by atoms with Gasteiger partial charge in [-0.1, -0.05) is 24.3 Å². The highest BCUT2D eigenvalue weighted by Gasteiger charge is 2.05. The number of rotatable bonds is 3. The van der Waals surface area contributed by atoms with Crippen LogP contribution in [-0.2, 0) is 5.88 Å². The van der Waals surface area contributed by atoms with E-state index in [1.807, 2.05) is 55.5 Å². The van der Waals surface area contributed by atoms with Crippen LogP contribution in [0.2, 0.25) is 0 Å². The maximum Gasteiger partial charge on any atom is 0.152 e. The Balaban J connectivity index is 1.94. The van der Waals surface area contributed by atoms with Crippen molar-refractivity contribution >= 4 is 34.1 Å². The number of hydrogen-bond donors (Lipinski definition) is 1. The molecule has 4 heteroatoms. The number of aromatic nitrogens is 2. The molecule has 3 rings (SSSR count). The number of alkyl halides is 1. The molecular formula is C16H14ClN3. The molecule has 0 fully saturated rings. The number of para-hydroxylation sites is 2. The number of benzene rings is 2. The molecule has 0 atom stereocenters. The van der Waals surface area contributed by atoms with Crippen LogP contribution in [0.4, 0.5) is 11.5 Å². The summed E-state index contributed by atoms with van der Waals surface area (Å²) in [6.45, 7) is 1.95. The van der Waals surface area contributed by atoms with Crippen molar-refractivity contribution < 1.29 is 0 Å². The number of fused-ring (bicyclic) bond motifs is 1. The largest absolute Gasteiger partial charge is 0.339 e. The molecule has 0 radical (unpaired) electrons. The molecule has 20 heavy (non-hydrogen) atoms. The fourth-order valence-electron chi connectivity index (χ4n) is 2.02. The second-order valence-electron chi connectivity index (χ2n) is 4.60. The van der Waals surface area contributed by atoms with E-state index in [1.165, 1.54) is 0 Å². The molecule has 1 heterocycles. The molecule has 0 amide bonds. The maximum absolute atomic E-state index is 5.79. The lowest BCUT2D eigenvalue weighted by molar-refractivity contribution is 1.18. The third-order valence-corrected chi connectivity index (χ3v) is 3.42. The topological polar surface area (TPSA) is 37.8 Å². The van der Waals surface area contributed by atoms with E-state index >= 15 is 0 Å². The van der Waals surface area contributed by atoms with Crippen LogP contribution in [0.1, 0.15) is 11.3 Å². The SMILES string of the molecule is Cc1nc2ccccc2nc1Nc1ccc(CCl)cc1. The average molecular weight is 284 g/mol. The Labute approximate surface area is 122 Å². The number of hydrogen-bond acceptors (Lipinski definition) is 3. The molecule has 0 spiro atoms. The molecule has 1 aromatic heterocycles. The fraction of sp³-hybridized carbons (Fsp3) is 0.125. The van der Waals surface area contributed by atoms with Gasteiger partial charge < -0.3 is 5.32 Å². The van der Waals surface area contributed by atoms with E-state index < -0.39 is 0 Å². The van der Waals surface area contributed by atoms with Crippen molar-refractivity contribution in [2.24, 2.45) is 0 Å². The number of nitrogens with one attached hydrogen (secondary N) is 1. The van der Waals surface area contributed by atoms with Crippen LogP contribution < -0.4 is 5.32 Å². The normalized spacial score (nSPS) is 10.7. The third kappa shape index (κ3) is 2.58. The second kappa shape index (κ2) is 5.47. The highest BCUT2D eigenvalue weighted by molar-refractivity contribution is 6.17. The van der Waals surface area contributed by atoms with Gasteiger partial charge in [-0.15, -0.1) is 11.6 Å². The monoisotopic (exact) mass is 283 g/mol. The molecular weight excluding hydrogens is 270 g/mol. The lowest BCUT2D eigenvalue weighted by atomic mass is 10.2. The molecule has 0 aliphatic heterocycles. The van der Waals surface area contributed by atoms with E-state index in [1.54, 1.807) is 0 Å². The van der Waals surface area contributed by atoms with Crippen LogP contribution in [0.5, 0.6) is 0 Å². The summed E-state index contributed by atoms with van der Waals surface area (Å²) in [5.74, 6) is 1.30. The number of halogens is 1. The molecule has 3 nitrogen and oxygen atoms in total. The summed E-state index contributed by atoms with van der Waals surface area (Å²) in [6.07, 6.45) is 0. The Bertz CT molecular complexity index is 738. The summed E-state index contributed by atoms with van der Waals surface area (Å²) >= 11 is 5.79. The summed E-state index contributed by atoms with van der Waals surface area (Å²) in [4.78, 5) is 9.17. The van der Waals surface area contributed by atoms with Crippen molar-refractivity contribution in [3.63, 3.8) is 0 Å². The molecule has 0 saturated heterocycles. The zero-order chi connectivity index (χ0) is 13.9. The summed E-state index contributed by atoms with van der Waals surface area (Å²) in [5, 5.41) is 3.30. The van der Waals surface area contributed by atoms with Crippen molar-refractivity contribution in [2.75, 3.05) is 5.32 Å². The standard InChI is InChI=1S/C16H14ClN3/c1-11-16(19-13-8-6-12(10-17)7-9-13)20-15-5-3-2-4-14(15)18-11/h2-9H,10H2,1H3,(H,19,20). The highest BCUT2D eigenvalue weighted by atomic mass is 35.5. The van der Waals surface area contributed by atoms with Gasteiger partial charge in [0.05, 0.1) is 16.7 Å². The van der Waals surface area contributed by atoms with E-state index in [0.29, 0.717) is 5.88 Å². The Hall–Kier alpha value is -2.13. The Morgan fingerprint density at radius 1 is 0.950 bits per heavy atom. The van der Waals surface area contributed by atoms with Gasteiger partial charge in [0.15, 0.2) is 5.82 Å². The first-order valence-corrected chi connectivity index (χ1v) is 6.95. The van der Waals surface area contributed by atoms with E-state index in [2.05, 4.69) is 15.3 Å². The molecule has 0 unspecified atom stereocenters. The number of anilines is 2. The smallest absolute Gasteiger partial charge is 0.152 e. The van der Waals surface area contributed by atoms with Crippen LogP contribution >= 0.6 is 11.6 Å². The van der Waals surface area contributed by atoms with Gasteiger partial charge in [0.25, 0.3) is 0 Å².